The van der Waals surface area contributed by atoms with Gasteiger partial charge in [0.1, 0.15) is 17.4 Å². The lowest BCUT2D eigenvalue weighted by molar-refractivity contribution is -0.120. The Kier molecular flexibility index (Phi) is 8.52. The minimum atomic E-state index is 0.0841. The summed E-state index contributed by atoms with van der Waals surface area (Å²) in [5.41, 5.74) is 7.02. The second-order valence-corrected chi connectivity index (χ2v) is 16.4. The number of H-pyrrole nitrogens is 1. The summed E-state index contributed by atoms with van der Waals surface area (Å²) in [6, 6.07) is 7.20. The summed E-state index contributed by atoms with van der Waals surface area (Å²) < 4.78 is 13.9. The quantitative estimate of drug-likeness (QED) is 0.176. The number of benzene rings is 2. The Bertz CT molecular complexity index is 1960. The zero-order valence-electron chi connectivity index (χ0n) is 30.4. The fourth-order valence-electron chi connectivity index (χ4n) is 9.48. The van der Waals surface area contributed by atoms with E-state index in [1.54, 1.807) is 6.08 Å². The molecule has 268 valence electrons. The highest BCUT2D eigenvalue weighted by Crippen LogP contribution is 2.54. The highest BCUT2D eigenvalue weighted by atomic mass is 16.5. The van der Waals surface area contributed by atoms with Crippen LogP contribution >= 0.6 is 0 Å². The Balaban J connectivity index is 1.19. The van der Waals surface area contributed by atoms with Gasteiger partial charge in [-0.1, -0.05) is 19.1 Å². The van der Waals surface area contributed by atoms with Gasteiger partial charge in [-0.25, -0.2) is 0 Å². The van der Waals surface area contributed by atoms with E-state index >= 15 is 0 Å². The molecule has 3 aliphatic carbocycles. The van der Waals surface area contributed by atoms with Crippen LogP contribution in [0, 0.1) is 18.3 Å². The summed E-state index contributed by atoms with van der Waals surface area (Å²) in [4.78, 5) is 28.2. The van der Waals surface area contributed by atoms with E-state index in [0.717, 1.165) is 117 Å². The van der Waals surface area contributed by atoms with Crippen LogP contribution in [0.2, 0.25) is 0 Å². The number of carbonyl (C=O) groups is 1. The number of nitrogens with zero attached hydrogens (tertiary/aromatic N) is 5. The lowest BCUT2D eigenvalue weighted by atomic mass is 9.64. The number of anilines is 1. The number of hydrogen-bond acceptors (Lipinski definition) is 8. The Hall–Kier alpha value is -3.98. The van der Waals surface area contributed by atoms with Crippen molar-refractivity contribution in [2.75, 3.05) is 38.1 Å². The van der Waals surface area contributed by atoms with Crippen LogP contribution in [0.5, 0.6) is 11.8 Å². The molecule has 5 aliphatic rings. The fraction of sp³-hybridized carbons (Fsp3) is 0.571. The van der Waals surface area contributed by atoms with E-state index in [9.17, 15) is 4.79 Å². The van der Waals surface area contributed by atoms with Crippen LogP contribution in [-0.2, 0) is 4.79 Å². The predicted octanol–water partition coefficient (Wildman–Crippen LogP) is 8.30. The number of piperidine rings is 2. The van der Waals surface area contributed by atoms with Gasteiger partial charge < -0.3 is 19.3 Å². The molecule has 1 atom stereocenters. The highest BCUT2D eigenvalue weighted by molar-refractivity contribution is 6.06. The van der Waals surface area contributed by atoms with Gasteiger partial charge >= 0.3 is 6.01 Å². The van der Waals surface area contributed by atoms with Crippen molar-refractivity contribution in [1.29, 1.82) is 0 Å². The minimum absolute atomic E-state index is 0.0841. The van der Waals surface area contributed by atoms with Gasteiger partial charge in [0.2, 0.25) is 0 Å². The third-order valence-corrected chi connectivity index (χ3v) is 13.0. The lowest BCUT2D eigenvalue weighted by Gasteiger charge is -2.46. The average molecular weight is 689 g/mol. The topological polar surface area (TPSA) is 96.5 Å². The van der Waals surface area contributed by atoms with Crippen molar-refractivity contribution in [3.63, 3.8) is 0 Å². The number of ether oxygens (including phenoxy) is 2. The molecule has 9 nitrogen and oxygen atoms in total. The SMILES string of the molecule is C=CC(=O)C1CCCC2(CCN(c3nc(OC4CCN(C)CC4)nc4c(OC5CCC5)c(-c5c(C)ccc6[nH]ncc56)c(C5CC5)cc34)CC2)C1. The van der Waals surface area contributed by atoms with Crippen molar-refractivity contribution in [2.45, 2.75) is 109 Å². The molecule has 1 spiro atoms. The summed E-state index contributed by atoms with van der Waals surface area (Å²) in [7, 11) is 2.18. The number of nitrogens with one attached hydrogen (secondary N) is 1. The van der Waals surface area contributed by atoms with Crippen molar-refractivity contribution in [1.82, 2.24) is 25.1 Å². The second kappa shape index (κ2) is 13.2. The number of ketones is 1. The first-order valence-corrected chi connectivity index (χ1v) is 19.6. The minimum Gasteiger partial charge on any atom is -0.487 e. The Labute approximate surface area is 301 Å². The molecule has 5 fully saturated rings. The Morgan fingerprint density at radius 3 is 2.43 bits per heavy atom. The third kappa shape index (κ3) is 6.19. The molecular weight excluding hydrogens is 637 g/mol. The molecule has 0 amide bonds. The van der Waals surface area contributed by atoms with Crippen LogP contribution in [0.15, 0.2) is 37.1 Å². The summed E-state index contributed by atoms with van der Waals surface area (Å²) in [5, 5.41) is 9.88. The van der Waals surface area contributed by atoms with Crippen molar-refractivity contribution >= 4 is 33.4 Å². The average Bonchev–Trinajstić information content (AvgIpc) is 3.86. The van der Waals surface area contributed by atoms with Crippen molar-refractivity contribution < 1.29 is 14.3 Å². The number of aryl methyl sites for hydroxylation is 1. The standard InChI is InChI=1S/C42H52N6O3/c1-4-35(49)28-7-6-16-42(24-28)17-21-48(22-18-42)40-32-23-31(27-11-12-27)37(36-26(2)10-13-34-33(36)25-43-46-34)39(50-29-8-5-9-29)38(32)44-41(45-40)51-30-14-19-47(3)20-15-30/h4,10,13,23,25,27-30H,1,5-9,11-12,14-22,24H2,2-3H3,(H,43,46). The van der Waals surface area contributed by atoms with Gasteiger partial charge in [0, 0.05) is 48.4 Å². The van der Waals surface area contributed by atoms with Crippen LogP contribution in [-0.4, -0.2) is 76.3 Å². The molecule has 4 heterocycles. The monoisotopic (exact) mass is 688 g/mol. The number of carbonyl (C=O) groups excluding carboxylic acids is 1. The summed E-state index contributed by atoms with van der Waals surface area (Å²) in [6.45, 7) is 9.83. The molecular formula is C42H52N6O3. The van der Waals surface area contributed by atoms with Crippen LogP contribution in [0.4, 0.5) is 5.82 Å². The zero-order valence-corrected chi connectivity index (χ0v) is 30.4. The van der Waals surface area contributed by atoms with E-state index < -0.39 is 0 Å². The van der Waals surface area contributed by atoms with Gasteiger partial charge in [0.15, 0.2) is 11.5 Å². The van der Waals surface area contributed by atoms with Crippen molar-refractivity contribution in [3.8, 4) is 22.9 Å². The van der Waals surface area contributed by atoms with Gasteiger partial charge in [0.05, 0.1) is 17.8 Å². The summed E-state index contributed by atoms with van der Waals surface area (Å²) in [6.07, 6.45) is 17.8. The molecule has 2 aliphatic heterocycles. The van der Waals surface area contributed by atoms with Crippen LogP contribution in [0.1, 0.15) is 101 Å². The number of hydrogen-bond donors (Lipinski definition) is 1. The van der Waals surface area contributed by atoms with Crippen LogP contribution in [0.3, 0.4) is 0 Å². The van der Waals surface area contributed by atoms with E-state index in [4.69, 9.17) is 19.4 Å². The van der Waals surface area contributed by atoms with E-state index in [1.807, 2.05) is 6.20 Å². The molecule has 0 bridgehead atoms. The number of fused-ring (bicyclic) bond motifs is 2. The maximum Gasteiger partial charge on any atom is 0.319 e. The first-order valence-electron chi connectivity index (χ1n) is 19.6. The molecule has 1 unspecified atom stereocenters. The molecule has 9 heteroatoms. The molecule has 4 aromatic rings. The molecule has 1 N–H and O–H groups in total. The lowest BCUT2D eigenvalue weighted by Crippen LogP contribution is -2.43. The molecule has 51 heavy (non-hydrogen) atoms. The fourth-order valence-corrected chi connectivity index (χ4v) is 9.48. The number of allylic oxidation sites excluding steroid dienone is 1. The molecule has 2 saturated heterocycles. The maximum atomic E-state index is 12.7. The maximum absolute atomic E-state index is 12.7. The van der Waals surface area contributed by atoms with Gasteiger partial charge in [-0.05, 0) is 137 Å². The number of aromatic amines is 1. The van der Waals surface area contributed by atoms with Gasteiger partial charge in [-0.15, -0.1) is 0 Å². The predicted molar refractivity (Wildman–Crippen MR) is 202 cm³/mol. The van der Waals surface area contributed by atoms with E-state index in [-0.39, 0.29) is 29.3 Å². The smallest absolute Gasteiger partial charge is 0.319 e. The number of likely N-dealkylation sites (tertiary alicyclic amines) is 1. The second-order valence-electron chi connectivity index (χ2n) is 16.4. The van der Waals surface area contributed by atoms with Crippen molar-refractivity contribution in [3.05, 3.63) is 48.2 Å². The zero-order chi connectivity index (χ0) is 34.7. The van der Waals surface area contributed by atoms with E-state index in [1.165, 1.54) is 47.9 Å². The van der Waals surface area contributed by atoms with E-state index in [2.05, 4.69) is 58.7 Å². The first kappa shape index (κ1) is 32.9. The Morgan fingerprint density at radius 2 is 1.71 bits per heavy atom. The molecule has 0 radical (unpaired) electrons. The molecule has 3 saturated carbocycles. The van der Waals surface area contributed by atoms with Crippen molar-refractivity contribution in [2.24, 2.45) is 11.3 Å². The van der Waals surface area contributed by atoms with Crippen LogP contribution < -0.4 is 14.4 Å². The number of rotatable bonds is 9. The van der Waals surface area contributed by atoms with E-state index in [0.29, 0.717) is 11.9 Å². The summed E-state index contributed by atoms with van der Waals surface area (Å²) in [5.74, 6) is 2.67. The largest absolute Gasteiger partial charge is 0.487 e. The number of aromatic nitrogens is 4. The van der Waals surface area contributed by atoms with Gasteiger partial charge in [-0.3, -0.25) is 9.89 Å². The van der Waals surface area contributed by atoms with Gasteiger partial charge in [0.25, 0.3) is 0 Å². The molecule has 2 aromatic heterocycles. The third-order valence-electron chi connectivity index (χ3n) is 13.0. The first-order chi connectivity index (χ1) is 24.9. The molecule has 9 rings (SSSR count). The van der Waals surface area contributed by atoms with Gasteiger partial charge in [-0.2, -0.15) is 15.1 Å². The molecule has 2 aromatic carbocycles. The highest BCUT2D eigenvalue weighted by Gasteiger charge is 2.42. The normalized spacial score (nSPS) is 23.1. The Morgan fingerprint density at radius 1 is 0.922 bits per heavy atom. The van der Waals surface area contributed by atoms with Crippen LogP contribution in [0.25, 0.3) is 32.9 Å². The summed E-state index contributed by atoms with van der Waals surface area (Å²) >= 11 is 0.